The summed E-state index contributed by atoms with van der Waals surface area (Å²) in [4.78, 5) is 2.31. The maximum atomic E-state index is 5.95. The SMILES string of the molecule is CN(Cc1cccc(Cl)c1)C(C)(C)CBr. The summed E-state index contributed by atoms with van der Waals surface area (Å²) in [5.41, 5.74) is 1.40. The van der Waals surface area contributed by atoms with E-state index in [2.05, 4.69) is 47.8 Å². The minimum atomic E-state index is 0.155. The second kappa shape index (κ2) is 5.33. The van der Waals surface area contributed by atoms with E-state index in [0.717, 1.165) is 16.9 Å². The third-order valence-corrected chi connectivity index (χ3v) is 4.28. The topological polar surface area (TPSA) is 3.24 Å². The van der Waals surface area contributed by atoms with Crippen molar-refractivity contribution in [1.29, 1.82) is 0 Å². The second-order valence-electron chi connectivity index (χ2n) is 4.43. The summed E-state index contributed by atoms with van der Waals surface area (Å²) in [6, 6.07) is 8.02. The molecule has 0 unspecified atom stereocenters. The molecule has 0 saturated carbocycles. The normalized spacial score (nSPS) is 12.1. The number of halogens is 2. The van der Waals surface area contributed by atoms with Crippen LogP contribution in [0.4, 0.5) is 0 Å². The number of rotatable bonds is 4. The van der Waals surface area contributed by atoms with Crippen LogP contribution in [0.3, 0.4) is 0 Å². The average Bonchev–Trinajstić information content (AvgIpc) is 2.17. The van der Waals surface area contributed by atoms with Crippen molar-refractivity contribution in [3.8, 4) is 0 Å². The third-order valence-electron chi connectivity index (χ3n) is 2.67. The monoisotopic (exact) mass is 289 g/mol. The number of hydrogen-bond donors (Lipinski definition) is 0. The Morgan fingerprint density at radius 3 is 2.60 bits per heavy atom. The van der Waals surface area contributed by atoms with E-state index in [1.165, 1.54) is 5.56 Å². The van der Waals surface area contributed by atoms with Crippen molar-refractivity contribution in [2.24, 2.45) is 0 Å². The summed E-state index contributed by atoms with van der Waals surface area (Å²) < 4.78 is 0. The van der Waals surface area contributed by atoms with Crippen LogP contribution < -0.4 is 0 Å². The lowest BCUT2D eigenvalue weighted by molar-refractivity contribution is 0.173. The highest BCUT2D eigenvalue weighted by Gasteiger charge is 2.21. The summed E-state index contributed by atoms with van der Waals surface area (Å²) >= 11 is 9.48. The molecule has 84 valence electrons. The molecule has 0 spiro atoms. The highest BCUT2D eigenvalue weighted by Crippen LogP contribution is 2.19. The molecule has 0 aromatic heterocycles. The fourth-order valence-electron chi connectivity index (χ4n) is 1.23. The molecule has 15 heavy (non-hydrogen) atoms. The molecule has 0 aliphatic heterocycles. The minimum absolute atomic E-state index is 0.155. The van der Waals surface area contributed by atoms with Gasteiger partial charge in [-0.05, 0) is 38.6 Å². The summed E-state index contributed by atoms with van der Waals surface area (Å²) in [5, 5.41) is 1.76. The van der Waals surface area contributed by atoms with Gasteiger partial charge >= 0.3 is 0 Å². The van der Waals surface area contributed by atoms with Crippen molar-refractivity contribution in [3.05, 3.63) is 34.9 Å². The van der Waals surface area contributed by atoms with Crippen LogP contribution in [-0.2, 0) is 6.54 Å². The zero-order valence-electron chi connectivity index (χ0n) is 9.43. The smallest absolute Gasteiger partial charge is 0.0409 e. The average molecular weight is 291 g/mol. The molecule has 1 aromatic carbocycles. The van der Waals surface area contributed by atoms with Crippen molar-refractivity contribution < 1.29 is 0 Å². The standard InChI is InChI=1S/C12H17BrClN/c1-12(2,9-13)15(3)8-10-5-4-6-11(14)7-10/h4-7H,8-9H2,1-3H3. The maximum Gasteiger partial charge on any atom is 0.0409 e. The van der Waals surface area contributed by atoms with Gasteiger partial charge in [-0.15, -0.1) is 0 Å². The molecule has 0 aliphatic carbocycles. The summed E-state index contributed by atoms with van der Waals surface area (Å²) in [7, 11) is 2.13. The van der Waals surface area contributed by atoms with Gasteiger partial charge in [0.25, 0.3) is 0 Å². The van der Waals surface area contributed by atoms with Gasteiger partial charge in [-0.2, -0.15) is 0 Å². The lowest BCUT2D eigenvalue weighted by Crippen LogP contribution is -2.41. The predicted molar refractivity (Wildman–Crippen MR) is 70.8 cm³/mol. The quantitative estimate of drug-likeness (QED) is 0.759. The van der Waals surface area contributed by atoms with Crippen LogP contribution in [0.25, 0.3) is 0 Å². The van der Waals surface area contributed by atoms with Gasteiger partial charge in [0.15, 0.2) is 0 Å². The first kappa shape index (κ1) is 13.0. The zero-order chi connectivity index (χ0) is 11.5. The van der Waals surface area contributed by atoms with E-state index < -0.39 is 0 Å². The van der Waals surface area contributed by atoms with E-state index in [4.69, 9.17) is 11.6 Å². The summed E-state index contributed by atoms with van der Waals surface area (Å²) in [6.07, 6.45) is 0. The lowest BCUT2D eigenvalue weighted by Gasteiger charge is -2.34. The van der Waals surface area contributed by atoms with Crippen LogP contribution in [0, 0.1) is 0 Å². The molecule has 1 rings (SSSR count). The molecule has 0 fully saturated rings. The fourth-order valence-corrected chi connectivity index (χ4v) is 1.87. The first-order valence-corrected chi connectivity index (χ1v) is 6.47. The summed E-state index contributed by atoms with van der Waals surface area (Å²) in [5.74, 6) is 0. The molecule has 3 heteroatoms. The molecule has 0 radical (unpaired) electrons. The summed E-state index contributed by atoms with van der Waals surface area (Å²) in [6.45, 7) is 5.34. The highest BCUT2D eigenvalue weighted by molar-refractivity contribution is 9.09. The van der Waals surface area contributed by atoms with Gasteiger partial charge in [-0.1, -0.05) is 39.7 Å². The Labute approximate surface area is 106 Å². The van der Waals surface area contributed by atoms with Gasteiger partial charge < -0.3 is 0 Å². The number of alkyl halides is 1. The van der Waals surface area contributed by atoms with Crippen LogP contribution in [-0.4, -0.2) is 22.8 Å². The largest absolute Gasteiger partial charge is 0.296 e. The molecule has 0 heterocycles. The minimum Gasteiger partial charge on any atom is -0.296 e. The molecule has 0 bridgehead atoms. The Balaban J connectivity index is 2.70. The number of benzene rings is 1. The predicted octanol–water partition coefficient (Wildman–Crippen LogP) is 3.95. The van der Waals surface area contributed by atoms with Gasteiger partial charge in [-0.25, -0.2) is 0 Å². The zero-order valence-corrected chi connectivity index (χ0v) is 11.8. The third kappa shape index (κ3) is 3.78. The number of hydrogen-bond acceptors (Lipinski definition) is 1. The Kier molecular flexibility index (Phi) is 4.63. The molecule has 0 amide bonds. The van der Waals surface area contributed by atoms with Crippen LogP contribution in [0.5, 0.6) is 0 Å². The highest BCUT2D eigenvalue weighted by atomic mass is 79.9. The van der Waals surface area contributed by atoms with Crippen molar-refractivity contribution in [2.75, 3.05) is 12.4 Å². The van der Waals surface area contributed by atoms with Gasteiger partial charge in [0, 0.05) is 22.4 Å². The Morgan fingerprint density at radius 1 is 1.40 bits per heavy atom. The first-order valence-electron chi connectivity index (χ1n) is 4.97. The van der Waals surface area contributed by atoms with Gasteiger partial charge in [0.2, 0.25) is 0 Å². The van der Waals surface area contributed by atoms with E-state index in [0.29, 0.717) is 0 Å². The Morgan fingerprint density at radius 2 is 2.07 bits per heavy atom. The van der Waals surface area contributed by atoms with Crippen molar-refractivity contribution >= 4 is 27.5 Å². The van der Waals surface area contributed by atoms with E-state index in [-0.39, 0.29) is 5.54 Å². The Bertz CT molecular complexity index is 325. The van der Waals surface area contributed by atoms with Crippen molar-refractivity contribution in [1.82, 2.24) is 4.90 Å². The molecule has 0 N–H and O–H groups in total. The molecule has 0 aliphatic rings. The van der Waals surface area contributed by atoms with Crippen molar-refractivity contribution in [2.45, 2.75) is 25.9 Å². The van der Waals surface area contributed by atoms with Gasteiger partial charge in [0.1, 0.15) is 0 Å². The first-order chi connectivity index (χ1) is 6.95. The van der Waals surface area contributed by atoms with E-state index >= 15 is 0 Å². The molecule has 1 aromatic rings. The van der Waals surface area contributed by atoms with E-state index in [1.807, 2.05) is 18.2 Å². The maximum absolute atomic E-state index is 5.95. The van der Waals surface area contributed by atoms with Crippen molar-refractivity contribution in [3.63, 3.8) is 0 Å². The second-order valence-corrected chi connectivity index (χ2v) is 5.43. The van der Waals surface area contributed by atoms with Gasteiger partial charge in [0.05, 0.1) is 0 Å². The van der Waals surface area contributed by atoms with Crippen LogP contribution in [0.1, 0.15) is 19.4 Å². The molecular weight excluding hydrogens is 273 g/mol. The molecule has 1 nitrogen and oxygen atoms in total. The number of nitrogens with zero attached hydrogens (tertiary/aromatic N) is 1. The fraction of sp³-hybridized carbons (Fsp3) is 0.500. The van der Waals surface area contributed by atoms with Crippen LogP contribution in [0.15, 0.2) is 24.3 Å². The lowest BCUT2D eigenvalue weighted by atomic mass is 10.1. The molecule has 0 saturated heterocycles. The van der Waals surface area contributed by atoms with E-state index in [9.17, 15) is 0 Å². The van der Waals surface area contributed by atoms with Crippen LogP contribution in [0.2, 0.25) is 5.02 Å². The van der Waals surface area contributed by atoms with Crippen LogP contribution >= 0.6 is 27.5 Å². The van der Waals surface area contributed by atoms with Gasteiger partial charge in [-0.3, -0.25) is 4.90 Å². The Hall–Kier alpha value is -0.0500. The molecule has 0 atom stereocenters. The molecular formula is C12H17BrClN. The van der Waals surface area contributed by atoms with E-state index in [1.54, 1.807) is 0 Å².